The molecule has 0 radical (unpaired) electrons. The summed E-state index contributed by atoms with van der Waals surface area (Å²) >= 11 is 6.09. The summed E-state index contributed by atoms with van der Waals surface area (Å²) in [5.74, 6) is 0. The number of alkyl halides is 1. The minimum atomic E-state index is -1.60. The number of rotatable bonds is 9. The van der Waals surface area contributed by atoms with Crippen LogP contribution in [0.3, 0.4) is 0 Å². The van der Waals surface area contributed by atoms with Gasteiger partial charge in [0.15, 0.2) is 0 Å². The minimum absolute atomic E-state index is 0.103. The Kier molecular flexibility index (Phi) is 8.37. The van der Waals surface area contributed by atoms with Crippen LogP contribution >= 0.6 is 11.6 Å². The van der Waals surface area contributed by atoms with Crippen LogP contribution in [-0.2, 0) is 20.8 Å². The van der Waals surface area contributed by atoms with E-state index in [2.05, 4.69) is 0 Å². The number of hydrogen-bond acceptors (Lipinski definition) is 5. The molecule has 0 aliphatic carbocycles. The normalized spacial score (nSPS) is 20.9. The fourth-order valence-corrected chi connectivity index (χ4v) is 2.75. The molecule has 23 heavy (non-hydrogen) atoms. The molecule has 2 N–H and O–H groups in total. The van der Waals surface area contributed by atoms with Gasteiger partial charge in [-0.3, -0.25) is 0 Å². The molecule has 2 rings (SSSR count). The molecular weight excluding hydrogens is 318 g/mol. The van der Waals surface area contributed by atoms with E-state index in [9.17, 15) is 10.0 Å². The Morgan fingerprint density at radius 1 is 1.26 bits per heavy atom. The van der Waals surface area contributed by atoms with E-state index in [4.69, 9.17) is 25.8 Å². The number of benzene rings is 1. The van der Waals surface area contributed by atoms with Crippen molar-refractivity contribution in [1.82, 2.24) is 0 Å². The molecule has 1 aromatic rings. The minimum Gasteiger partial charge on any atom is -0.426 e. The van der Waals surface area contributed by atoms with Gasteiger partial charge in [0.25, 0.3) is 0 Å². The van der Waals surface area contributed by atoms with Gasteiger partial charge in [0, 0.05) is 0 Å². The van der Waals surface area contributed by atoms with Crippen LogP contribution in [0.15, 0.2) is 30.3 Å². The van der Waals surface area contributed by atoms with Crippen LogP contribution in [0, 0.1) is 0 Å². The predicted molar refractivity (Wildman–Crippen MR) is 89.3 cm³/mol. The molecule has 128 valence electrons. The zero-order valence-corrected chi connectivity index (χ0v) is 13.9. The van der Waals surface area contributed by atoms with Crippen LogP contribution < -0.4 is 0 Å². The highest BCUT2D eigenvalue weighted by Gasteiger charge is 2.30. The van der Waals surface area contributed by atoms with Gasteiger partial charge in [-0.2, -0.15) is 0 Å². The molecule has 0 spiro atoms. The molecule has 5 nitrogen and oxygen atoms in total. The van der Waals surface area contributed by atoms with Gasteiger partial charge in [-0.25, -0.2) is 0 Å². The zero-order chi connectivity index (χ0) is 16.5. The van der Waals surface area contributed by atoms with E-state index in [1.807, 2.05) is 30.3 Å². The average molecular weight is 343 g/mol. The Morgan fingerprint density at radius 3 is 2.70 bits per heavy atom. The standard InChI is InChI=1S/C16H24BClO5/c18-16(17(19)20)15(23-11-13-5-2-1-3-6-13)8-4-7-14-12-21-9-10-22-14/h1-3,5-6,14-16,19-20H,4,7-12H2/t14?,15-,16+/m1/s1. The fraction of sp³-hybridized carbons (Fsp3) is 0.625. The lowest BCUT2D eigenvalue weighted by Crippen LogP contribution is -2.38. The Labute approximate surface area is 142 Å². The van der Waals surface area contributed by atoms with Crippen molar-refractivity contribution in [3.05, 3.63) is 35.9 Å². The third-order valence-electron chi connectivity index (χ3n) is 3.85. The molecule has 0 bridgehead atoms. The number of hydrogen-bond donors (Lipinski definition) is 2. The number of ether oxygens (including phenoxy) is 3. The van der Waals surface area contributed by atoms with E-state index in [1.54, 1.807) is 0 Å². The summed E-state index contributed by atoms with van der Waals surface area (Å²) < 4.78 is 16.8. The molecule has 1 heterocycles. The summed E-state index contributed by atoms with van der Waals surface area (Å²) in [5, 5.41) is 17.8. The SMILES string of the molecule is OB(O)[C@@H](Cl)[C@@H](CCCC1COCCO1)OCc1ccccc1. The maximum absolute atomic E-state index is 9.34. The first kappa shape index (κ1) is 18.7. The highest BCUT2D eigenvalue weighted by molar-refractivity contribution is 6.57. The second-order valence-corrected chi connectivity index (χ2v) is 6.20. The Hall–Kier alpha value is -0.625. The van der Waals surface area contributed by atoms with Crippen LogP contribution in [0.1, 0.15) is 24.8 Å². The van der Waals surface area contributed by atoms with Crippen molar-refractivity contribution in [2.45, 2.75) is 43.4 Å². The highest BCUT2D eigenvalue weighted by Crippen LogP contribution is 2.19. The van der Waals surface area contributed by atoms with E-state index in [0.29, 0.717) is 32.8 Å². The maximum atomic E-state index is 9.34. The van der Waals surface area contributed by atoms with Crippen LogP contribution in [-0.4, -0.2) is 54.5 Å². The van der Waals surface area contributed by atoms with Gasteiger partial charge in [0.05, 0.1) is 43.9 Å². The smallest absolute Gasteiger partial charge is 0.426 e. The molecule has 1 aromatic carbocycles. The van der Waals surface area contributed by atoms with Gasteiger partial charge in [-0.1, -0.05) is 30.3 Å². The Morgan fingerprint density at radius 2 is 2.04 bits per heavy atom. The molecule has 1 saturated heterocycles. The molecular formula is C16H24BClO5. The molecule has 3 atom stereocenters. The second-order valence-electron chi connectivity index (χ2n) is 5.69. The molecule has 1 aliphatic heterocycles. The summed E-state index contributed by atoms with van der Waals surface area (Å²) in [5.41, 5.74) is 1.03. The van der Waals surface area contributed by atoms with Crippen LogP contribution in [0.5, 0.6) is 0 Å². The van der Waals surface area contributed by atoms with Crippen molar-refractivity contribution in [2.75, 3.05) is 19.8 Å². The van der Waals surface area contributed by atoms with Crippen molar-refractivity contribution in [3.63, 3.8) is 0 Å². The lowest BCUT2D eigenvalue weighted by atomic mass is 9.80. The van der Waals surface area contributed by atoms with E-state index >= 15 is 0 Å². The fourth-order valence-electron chi connectivity index (χ4n) is 2.55. The molecule has 7 heteroatoms. The molecule has 0 aromatic heterocycles. The summed E-state index contributed by atoms with van der Waals surface area (Å²) in [7, 11) is -1.60. The van der Waals surface area contributed by atoms with E-state index in [1.165, 1.54) is 0 Å². The lowest BCUT2D eigenvalue weighted by Gasteiger charge is -2.25. The molecule has 1 unspecified atom stereocenters. The molecule has 1 aliphatic rings. The summed E-state index contributed by atoms with van der Waals surface area (Å²) in [6.07, 6.45) is 1.98. The summed E-state index contributed by atoms with van der Waals surface area (Å²) in [6.45, 7) is 2.29. The van der Waals surface area contributed by atoms with E-state index in [0.717, 1.165) is 18.4 Å². The first-order valence-corrected chi connectivity index (χ1v) is 8.45. The first-order valence-electron chi connectivity index (χ1n) is 8.02. The molecule has 1 fully saturated rings. The van der Waals surface area contributed by atoms with E-state index < -0.39 is 18.5 Å². The van der Waals surface area contributed by atoms with Gasteiger partial charge in [-0.05, 0) is 24.8 Å². The maximum Gasteiger partial charge on any atom is 0.473 e. The second kappa shape index (κ2) is 10.3. The van der Waals surface area contributed by atoms with Crippen LogP contribution in [0.2, 0.25) is 0 Å². The van der Waals surface area contributed by atoms with Crippen molar-refractivity contribution in [3.8, 4) is 0 Å². The van der Waals surface area contributed by atoms with Gasteiger partial charge >= 0.3 is 7.12 Å². The first-order chi connectivity index (χ1) is 11.2. The lowest BCUT2D eigenvalue weighted by molar-refractivity contribution is -0.0922. The molecule has 0 amide bonds. The van der Waals surface area contributed by atoms with Gasteiger partial charge in [0.1, 0.15) is 0 Å². The van der Waals surface area contributed by atoms with Crippen LogP contribution in [0.25, 0.3) is 0 Å². The van der Waals surface area contributed by atoms with Crippen molar-refractivity contribution >= 4 is 18.7 Å². The van der Waals surface area contributed by atoms with Gasteiger partial charge < -0.3 is 24.3 Å². The number of halogens is 1. The largest absolute Gasteiger partial charge is 0.473 e. The topological polar surface area (TPSA) is 68.2 Å². The van der Waals surface area contributed by atoms with Gasteiger partial charge in [0.2, 0.25) is 0 Å². The third kappa shape index (κ3) is 6.79. The Balaban J connectivity index is 1.78. The quantitative estimate of drug-likeness (QED) is 0.529. The van der Waals surface area contributed by atoms with Gasteiger partial charge in [-0.15, -0.1) is 11.6 Å². The molecule has 0 saturated carbocycles. The average Bonchev–Trinajstić information content (AvgIpc) is 2.59. The van der Waals surface area contributed by atoms with Crippen molar-refractivity contribution in [2.24, 2.45) is 0 Å². The highest BCUT2D eigenvalue weighted by atomic mass is 35.5. The summed E-state index contributed by atoms with van der Waals surface area (Å²) in [4.78, 5) is 0. The summed E-state index contributed by atoms with van der Waals surface area (Å²) in [6, 6.07) is 9.74. The van der Waals surface area contributed by atoms with Crippen molar-refractivity contribution in [1.29, 1.82) is 0 Å². The van der Waals surface area contributed by atoms with E-state index in [-0.39, 0.29) is 6.10 Å². The van der Waals surface area contributed by atoms with Crippen molar-refractivity contribution < 1.29 is 24.3 Å². The zero-order valence-electron chi connectivity index (χ0n) is 13.1. The predicted octanol–water partition coefficient (Wildman–Crippen LogP) is 1.78. The third-order valence-corrected chi connectivity index (χ3v) is 4.35. The Bertz CT molecular complexity index is 428. The monoisotopic (exact) mass is 342 g/mol. The van der Waals surface area contributed by atoms with Crippen LogP contribution in [0.4, 0.5) is 0 Å².